The van der Waals surface area contributed by atoms with Gasteiger partial charge in [0.1, 0.15) is 5.69 Å². The summed E-state index contributed by atoms with van der Waals surface area (Å²) in [5.41, 5.74) is 1.77. The van der Waals surface area contributed by atoms with Crippen LogP contribution in [0.4, 0.5) is 0 Å². The lowest BCUT2D eigenvalue weighted by Gasteiger charge is -2.08. The van der Waals surface area contributed by atoms with Gasteiger partial charge in [0, 0.05) is 12.7 Å². The van der Waals surface area contributed by atoms with Crippen molar-refractivity contribution in [3.63, 3.8) is 0 Å². The van der Waals surface area contributed by atoms with Crippen LogP contribution in [0.25, 0.3) is 0 Å². The molecule has 2 rings (SSSR count). The van der Waals surface area contributed by atoms with E-state index in [2.05, 4.69) is 11.2 Å². The summed E-state index contributed by atoms with van der Waals surface area (Å²) in [5, 5.41) is 2.67. The van der Waals surface area contributed by atoms with Gasteiger partial charge < -0.3 is 9.88 Å². The van der Waals surface area contributed by atoms with Crippen molar-refractivity contribution in [3.05, 3.63) is 59.9 Å². The molecule has 0 radical (unpaired) electrons. The zero-order valence-electron chi connectivity index (χ0n) is 9.97. The molecule has 3 nitrogen and oxygen atoms in total. The van der Waals surface area contributed by atoms with Crippen LogP contribution in [0.3, 0.4) is 0 Å². The Morgan fingerprint density at radius 1 is 1.22 bits per heavy atom. The lowest BCUT2D eigenvalue weighted by molar-refractivity contribution is 0.0950. The highest BCUT2D eigenvalue weighted by molar-refractivity contribution is 5.92. The van der Waals surface area contributed by atoms with Gasteiger partial charge in [-0.25, -0.2) is 0 Å². The van der Waals surface area contributed by atoms with Crippen LogP contribution in [0.2, 0.25) is 0 Å². The van der Waals surface area contributed by atoms with Crippen molar-refractivity contribution in [1.82, 2.24) is 9.88 Å². The summed E-state index contributed by atoms with van der Waals surface area (Å²) in [7, 11) is 0. The molecule has 0 spiro atoms. The maximum atomic E-state index is 11.8. The van der Waals surface area contributed by atoms with Crippen LogP contribution in [0.5, 0.6) is 0 Å². The fourth-order valence-electron chi connectivity index (χ4n) is 1.76. The first-order valence-corrected chi connectivity index (χ1v) is 5.72. The molecular formula is C15H14N2O. The van der Waals surface area contributed by atoms with Crippen LogP contribution < -0.4 is 5.32 Å². The van der Waals surface area contributed by atoms with Gasteiger partial charge in [0.15, 0.2) is 0 Å². The van der Waals surface area contributed by atoms with E-state index in [0.717, 1.165) is 5.56 Å². The fraction of sp³-hybridized carbons (Fsp3) is 0.133. The van der Waals surface area contributed by atoms with Gasteiger partial charge in [0.2, 0.25) is 0 Å². The number of hydrogen-bond acceptors (Lipinski definition) is 1. The number of carbonyl (C=O) groups is 1. The molecular weight excluding hydrogens is 224 g/mol. The second-order valence-corrected chi connectivity index (χ2v) is 3.89. The third-order valence-corrected chi connectivity index (χ3v) is 2.61. The second kappa shape index (κ2) is 5.74. The van der Waals surface area contributed by atoms with Crippen molar-refractivity contribution in [2.75, 3.05) is 6.54 Å². The molecule has 1 N–H and O–H groups in total. The molecule has 1 amide bonds. The largest absolute Gasteiger partial charge is 0.340 e. The minimum absolute atomic E-state index is 0.145. The highest BCUT2D eigenvalue weighted by Crippen LogP contribution is 2.07. The minimum atomic E-state index is -0.145. The highest BCUT2D eigenvalue weighted by atomic mass is 16.1. The molecule has 0 saturated heterocycles. The molecule has 0 aliphatic heterocycles. The van der Waals surface area contributed by atoms with Gasteiger partial charge in [-0.1, -0.05) is 36.3 Å². The summed E-state index contributed by atoms with van der Waals surface area (Å²) < 4.78 is 1.90. The average molecular weight is 238 g/mol. The molecule has 0 unspecified atom stereocenters. The number of benzene rings is 1. The fourth-order valence-corrected chi connectivity index (χ4v) is 1.76. The Morgan fingerprint density at radius 3 is 2.72 bits per heavy atom. The normalized spacial score (nSPS) is 9.72. The monoisotopic (exact) mass is 238 g/mol. The zero-order valence-corrected chi connectivity index (χ0v) is 9.97. The molecule has 90 valence electrons. The lowest BCUT2D eigenvalue weighted by atomic mass is 10.2. The number of carbonyl (C=O) groups excluding carboxylic acids is 1. The van der Waals surface area contributed by atoms with Crippen LogP contribution in [0, 0.1) is 12.3 Å². The first kappa shape index (κ1) is 12.0. The lowest BCUT2D eigenvalue weighted by Crippen LogP contribution is -2.26. The number of hydrogen-bond donors (Lipinski definition) is 1. The van der Waals surface area contributed by atoms with Crippen LogP contribution in [-0.2, 0) is 6.54 Å². The Bertz CT molecular complexity index is 564. The van der Waals surface area contributed by atoms with E-state index in [4.69, 9.17) is 6.42 Å². The van der Waals surface area contributed by atoms with E-state index in [1.165, 1.54) is 0 Å². The van der Waals surface area contributed by atoms with E-state index in [0.29, 0.717) is 12.2 Å². The third kappa shape index (κ3) is 2.80. The number of aromatic nitrogens is 1. The Labute approximate surface area is 106 Å². The summed E-state index contributed by atoms with van der Waals surface area (Å²) in [6.07, 6.45) is 7.01. The smallest absolute Gasteiger partial charge is 0.268 e. The molecule has 1 heterocycles. The van der Waals surface area contributed by atoms with E-state index in [9.17, 15) is 4.79 Å². The maximum absolute atomic E-state index is 11.8. The predicted octanol–water partition coefficient (Wildman–Crippen LogP) is 1.90. The van der Waals surface area contributed by atoms with Gasteiger partial charge in [-0.15, -0.1) is 6.42 Å². The predicted molar refractivity (Wildman–Crippen MR) is 71.1 cm³/mol. The van der Waals surface area contributed by atoms with Crippen LogP contribution in [-0.4, -0.2) is 17.0 Å². The third-order valence-electron chi connectivity index (χ3n) is 2.61. The van der Waals surface area contributed by atoms with E-state index in [-0.39, 0.29) is 12.5 Å². The summed E-state index contributed by atoms with van der Waals surface area (Å²) in [5.74, 6) is 2.24. The highest BCUT2D eigenvalue weighted by Gasteiger charge is 2.09. The summed E-state index contributed by atoms with van der Waals surface area (Å²) in [6, 6.07) is 13.6. The average Bonchev–Trinajstić information content (AvgIpc) is 2.85. The number of nitrogens with one attached hydrogen (secondary N) is 1. The van der Waals surface area contributed by atoms with Gasteiger partial charge in [0.05, 0.1) is 6.54 Å². The molecule has 0 saturated carbocycles. The second-order valence-electron chi connectivity index (χ2n) is 3.89. The van der Waals surface area contributed by atoms with E-state index >= 15 is 0 Å². The molecule has 0 fully saturated rings. The Balaban J connectivity index is 2.13. The Kier molecular flexibility index (Phi) is 3.83. The van der Waals surface area contributed by atoms with Crippen molar-refractivity contribution in [1.29, 1.82) is 0 Å². The standard InChI is InChI=1S/C15H14N2O/c1-2-10-16-15(18)14-9-6-11-17(14)12-13-7-4-3-5-8-13/h1,3-9,11H,10,12H2,(H,16,18). The quantitative estimate of drug-likeness (QED) is 0.811. The van der Waals surface area contributed by atoms with Crippen molar-refractivity contribution in [2.24, 2.45) is 0 Å². The molecule has 1 aromatic heterocycles. The van der Waals surface area contributed by atoms with Gasteiger partial charge in [0.25, 0.3) is 5.91 Å². The van der Waals surface area contributed by atoms with Crippen molar-refractivity contribution >= 4 is 5.91 Å². The van der Waals surface area contributed by atoms with Gasteiger partial charge in [-0.05, 0) is 17.7 Å². The molecule has 0 atom stereocenters. The molecule has 0 aliphatic carbocycles. The molecule has 0 aliphatic rings. The van der Waals surface area contributed by atoms with Crippen LogP contribution >= 0.6 is 0 Å². The van der Waals surface area contributed by atoms with Crippen LogP contribution in [0.1, 0.15) is 16.1 Å². The van der Waals surface area contributed by atoms with Crippen molar-refractivity contribution in [3.8, 4) is 12.3 Å². The SMILES string of the molecule is C#CCNC(=O)c1cccn1Cc1ccccc1. The number of rotatable bonds is 4. The maximum Gasteiger partial charge on any atom is 0.268 e. The minimum Gasteiger partial charge on any atom is -0.340 e. The van der Waals surface area contributed by atoms with Gasteiger partial charge >= 0.3 is 0 Å². The van der Waals surface area contributed by atoms with Gasteiger partial charge in [-0.2, -0.15) is 0 Å². The van der Waals surface area contributed by atoms with E-state index in [1.54, 1.807) is 6.07 Å². The molecule has 1 aromatic carbocycles. The van der Waals surface area contributed by atoms with Crippen LogP contribution in [0.15, 0.2) is 48.7 Å². The Hall–Kier alpha value is -2.47. The zero-order chi connectivity index (χ0) is 12.8. The molecule has 0 bridgehead atoms. The first-order valence-electron chi connectivity index (χ1n) is 5.72. The molecule has 2 aromatic rings. The van der Waals surface area contributed by atoms with Crippen molar-refractivity contribution < 1.29 is 4.79 Å². The first-order chi connectivity index (χ1) is 8.81. The van der Waals surface area contributed by atoms with E-state index < -0.39 is 0 Å². The summed E-state index contributed by atoms with van der Waals surface area (Å²) in [6.45, 7) is 0.919. The summed E-state index contributed by atoms with van der Waals surface area (Å²) >= 11 is 0. The summed E-state index contributed by atoms with van der Waals surface area (Å²) in [4.78, 5) is 11.8. The van der Waals surface area contributed by atoms with Gasteiger partial charge in [-0.3, -0.25) is 4.79 Å². The number of terminal acetylenes is 1. The van der Waals surface area contributed by atoms with E-state index in [1.807, 2.05) is 47.2 Å². The number of nitrogens with zero attached hydrogens (tertiary/aromatic N) is 1. The Morgan fingerprint density at radius 2 is 2.00 bits per heavy atom. The molecule has 18 heavy (non-hydrogen) atoms. The van der Waals surface area contributed by atoms with Crippen molar-refractivity contribution in [2.45, 2.75) is 6.54 Å². The topological polar surface area (TPSA) is 34.0 Å². The number of amides is 1. The molecule has 3 heteroatoms.